The molecule has 1 aliphatic heterocycles. The predicted octanol–water partition coefficient (Wildman–Crippen LogP) is 2.59. The van der Waals surface area contributed by atoms with Crippen molar-refractivity contribution in [1.82, 2.24) is 15.5 Å². The zero-order valence-electron chi connectivity index (χ0n) is 18.1. The first-order chi connectivity index (χ1) is 14.2. The molecule has 1 fully saturated rings. The summed E-state index contributed by atoms with van der Waals surface area (Å²) in [5.74, 6) is 2.68. The molecule has 0 atom stereocenters. The lowest BCUT2D eigenvalue weighted by atomic mass is 10.1. The lowest BCUT2D eigenvalue weighted by Gasteiger charge is -2.15. The topological polar surface area (TPSA) is 75.2 Å². The third-order valence-corrected chi connectivity index (χ3v) is 4.69. The Hall–Kier alpha value is -2.44. The smallest absolute Gasteiger partial charge is 0.222 e. The van der Waals surface area contributed by atoms with E-state index in [2.05, 4.69) is 28.6 Å². The van der Waals surface area contributed by atoms with Crippen LogP contribution in [0.1, 0.15) is 45.6 Å². The summed E-state index contributed by atoms with van der Waals surface area (Å²) in [4.78, 5) is 18.2. The zero-order valence-corrected chi connectivity index (χ0v) is 18.1. The van der Waals surface area contributed by atoms with Gasteiger partial charge in [-0.05, 0) is 57.7 Å². The van der Waals surface area contributed by atoms with E-state index < -0.39 is 0 Å². The summed E-state index contributed by atoms with van der Waals surface area (Å²) < 4.78 is 11.3. The van der Waals surface area contributed by atoms with E-state index in [1.165, 1.54) is 5.56 Å². The highest BCUT2D eigenvalue weighted by atomic mass is 16.5. The van der Waals surface area contributed by atoms with Crippen molar-refractivity contribution in [3.05, 3.63) is 23.8 Å². The molecule has 2 rings (SSSR count). The molecule has 0 bridgehead atoms. The quantitative estimate of drug-likeness (QED) is 0.318. The van der Waals surface area contributed by atoms with Gasteiger partial charge in [0.15, 0.2) is 17.5 Å². The molecule has 162 valence electrons. The number of nitrogens with zero attached hydrogens (tertiary/aromatic N) is 2. The summed E-state index contributed by atoms with van der Waals surface area (Å²) in [6.45, 7) is 11.2. The highest BCUT2D eigenvalue weighted by Gasteiger charge is 2.18. The molecule has 29 heavy (non-hydrogen) atoms. The SMILES string of the molecule is CCNC(=NCCCN1CCCC1=O)NCCc1ccc(OCC)c(OCC)c1. The first-order valence-corrected chi connectivity index (χ1v) is 10.9. The number of aliphatic imine (C=N–C) groups is 1. The van der Waals surface area contributed by atoms with Gasteiger partial charge >= 0.3 is 0 Å². The fraction of sp³-hybridized carbons (Fsp3) is 0.636. The number of benzene rings is 1. The van der Waals surface area contributed by atoms with Gasteiger partial charge in [-0.1, -0.05) is 6.07 Å². The second-order valence-electron chi connectivity index (χ2n) is 6.92. The molecule has 7 nitrogen and oxygen atoms in total. The number of likely N-dealkylation sites (tertiary alicyclic amines) is 1. The largest absolute Gasteiger partial charge is 0.490 e. The third kappa shape index (κ3) is 7.83. The molecule has 0 spiro atoms. The van der Waals surface area contributed by atoms with Crippen LogP contribution in [-0.4, -0.2) is 62.7 Å². The molecule has 1 saturated heterocycles. The molecule has 0 radical (unpaired) electrons. The second kappa shape index (κ2) is 12.9. The van der Waals surface area contributed by atoms with Gasteiger partial charge in [0.2, 0.25) is 5.91 Å². The maximum atomic E-state index is 11.7. The monoisotopic (exact) mass is 404 g/mol. The highest BCUT2D eigenvalue weighted by molar-refractivity contribution is 5.79. The number of carbonyl (C=O) groups is 1. The van der Waals surface area contributed by atoms with Crippen LogP contribution in [0.3, 0.4) is 0 Å². The van der Waals surface area contributed by atoms with Crippen LogP contribution in [0.15, 0.2) is 23.2 Å². The van der Waals surface area contributed by atoms with E-state index in [1.807, 2.05) is 30.9 Å². The van der Waals surface area contributed by atoms with E-state index in [4.69, 9.17) is 9.47 Å². The Bertz CT molecular complexity index is 663. The average molecular weight is 405 g/mol. The van der Waals surface area contributed by atoms with E-state index >= 15 is 0 Å². The molecule has 1 aliphatic rings. The van der Waals surface area contributed by atoms with Crippen molar-refractivity contribution in [2.75, 3.05) is 45.9 Å². The van der Waals surface area contributed by atoms with Gasteiger partial charge in [-0.2, -0.15) is 0 Å². The number of hydrogen-bond acceptors (Lipinski definition) is 4. The van der Waals surface area contributed by atoms with Gasteiger partial charge in [-0.25, -0.2) is 0 Å². The standard InChI is InChI=1S/C22H36N4O3/c1-4-23-22(24-13-8-16-26-15-7-9-21(26)27)25-14-12-18-10-11-19(28-5-2)20(17-18)29-6-3/h10-11,17H,4-9,12-16H2,1-3H3,(H2,23,24,25). The average Bonchev–Trinajstić information content (AvgIpc) is 3.12. The van der Waals surface area contributed by atoms with Crippen LogP contribution in [0, 0.1) is 0 Å². The number of carbonyl (C=O) groups excluding carboxylic acids is 1. The van der Waals surface area contributed by atoms with Crippen LogP contribution in [-0.2, 0) is 11.2 Å². The first kappa shape index (κ1) is 22.8. The van der Waals surface area contributed by atoms with Crippen molar-refractivity contribution < 1.29 is 14.3 Å². The molecule has 0 aromatic heterocycles. The normalized spacial score (nSPS) is 14.2. The molecule has 1 aromatic rings. The maximum Gasteiger partial charge on any atom is 0.222 e. The summed E-state index contributed by atoms with van der Waals surface area (Å²) in [7, 11) is 0. The summed E-state index contributed by atoms with van der Waals surface area (Å²) in [6, 6.07) is 6.10. The fourth-order valence-corrected chi connectivity index (χ4v) is 3.31. The summed E-state index contributed by atoms with van der Waals surface area (Å²) in [5.41, 5.74) is 1.19. The number of hydrogen-bond donors (Lipinski definition) is 2. The van der Waals surface area contributed by atoms with Crippen LogP contribution in [0.5, 0.6) is 11.5 Å². The fourth-order valence-electron chi connectivity index (χ4n) is 3.31. The molecular formula is C22H36N4O3. The molecular weight excluding hydrogens is 368 g/mol. The Kier molecular flexibility index (Phi) is 10.2. The number of nitrogens with one attached hydrogen (secondary N) is 2. The number of ether oxygens (including phenoxy) is 2. The van der Waals surface area contributed by atoms with Crippen molar-refractivity contribution in [2.24, 2.45) is 4.99 Å². The third-order valence-electron chi connectivity index (χ3n) is 4.69. The summed E-state index contributed by atoms with van der Waals surface area (Å²) in [6.07, 6.45) is 3.44. The molecule has 2 N–H and O–H groups in total. The van der Waals surface area contributed by atoms with Gasteiger partial charge in [-0.3, -0.25) is 9.79 Å². The van der Waals surface area contributed by atoms with E-state index in [0.29, 0.717) is 26.2 Å². The predicted molar refractivity (Wildman–Crippen MR) is 117 cm³/mol. The Labute approximate surface area is 174 Å². The van der Waals surface area contributed by atoms with Crippen molar-refractivity contribution in [3.63, 3.8) is 0 Å². The second-order valence-corrected chi connectivity index (χ2v) is 6.92. The molecule has 7 heteroatoms. The van der Waals surface area contributed by atoms with Crippen LogP contribution in [0.2, 0.25) is 0 Å². The van der Waals surface area contributed by atoms with Crippen molar-refractivity contribution >= 4 is 11.9 Å². The van der Waals surface area contributed by atoms with Crippen LogP contribution in [0.4, 0.5) is 0 Å². The Morgan fingerprint density at radius 3 is 2.62 bits per heavy atom. The van der Waals surface area contributed by atoms with Gasteiger partial charge in [0.1, 0.15) is 0 Å². The molecule has 1 heterocycles. The lowest BCUT2D eigenvalue weighted by Crippen LogP contribution is -2.38. The molecule has 0 unspecified atom stereocenters. The minimum atomic E-state index is 0.279. The molecule has 0 saturated carbocycles. The molecule has 1 aromatic carbocycles. The number of amides is 1. The van der Waals surface area contributed by atoms with Crippen molar-refractivity contribution in [3.8, 4) is 11.5 Å². The first-order valence-electron chi connectivity index (χ1n) is 10.9. The van der Waals surface area contributed by atoms with Crippen molar-refractivity contribution in [2.45, 2.75) is 46.5 Å². The zero-order chi connectivity index (χ0) is 20.9. The summed E-state index contributed by atoms with van der Waals surface area (Å²) in [5, 5.41) is 6.66. The van der Waals surface area contributed by atoms with Crippen LogP contribution < -0.4 is 20.1 Å². The van der Waals surface area contributed by atoms with Gasteiger partial charge in [0.05, 0.1) is 13.2 Å². The lowest BCUT2D eigenvalue weighted by molar-refractivity contribution is -0.127. The molecule has 0 aliphatic carbocycles. The van der Waals surface area contributed by atoms with E-state index in [0.717, 1.165) is 62.9 Å². The van der Waals surface area contributed by atoms with Gasteiger partial charge in [0, 0.05) is 39.1 Å². The van der Waals surface area contributed by atoms with Gasteiger partial charge in [0.25, 0.3) is 0 Å². The minimum absolute atomic E-state index is 0.279. The Balaban J connectivity index is 1.80. The summed E-state index contributed by atoms with van der Waals surface area (Å²) >= 11 is 0. The maximum absolute atomic E-state index is 11.7. The number of guanidine groups is 1. The van der Waals surface area contributed by atoms with Crippen LogP contribution >= 0.6 is 0 Å². The van der Waals surface area contributed by atoms with E-state index in [9.17, 15) is 4.79 Å². The van der Waals surface area contributed by atoms with E-state index in [1.54, 1.807) is 0 Å². The number of rotatable bonds is 12. The van der Waals surface area contributed by atoms with Gasteiger partial charge < -0.3 is 25.0 Å². The minimum Gasteiger partial charge on any atom is -0.490 e. The highest BCUT2D eigenvalue weighted by Crippen LogP contribution is 2.28. The molecule has 1 amide bonds. The van der Waals surface area contributed by atoms with E-state index in [-0.39, 0.29) is 5.91 Å². The Morgan fingerprint density at radius 1 is 1.14 bits per heavy atom. The van der Waals surface area contributed by atoms with Crippen LogP contribution in [0.25, 0.3) is 0 Å². The van der Waals surface area contributed by atoms with Gasteiger partial charge in [-0.15, -0.1) is 0 Å². The Morgan fingerprint density at radius 2 is 1.93 bits per heavy atom. The van der Waals surface area contributed by atoms with Crippen molar-refractivity contribution in [1.29, 1.82) is 0 Å².